The van der Waals surface area contributed by atoms with Gasteiger partial charge in [-0.1, -0.05) is 80.4 Å². The molecular weight excluding hydrogens is 1040 g/mol. The highest BCUT2D eigenvalue weighted by Crippen LogP contribution is 2.34. The smallest absolute Gasteiger partial charge is 0.306 e. The molecule has 0 radical (unpaired) electrons. The highest BCUT2D eigenvalue weighted by atomic mass is 32.1. The van der Waals surface area contributed by atoms with E-state index in [2.05, 4.69) is 35.1 Å². The number of thiazole rings is 1. The Morgan fingerprint density at radius 1 is 0.863 bits per heavy atom. The van der Waals surface area contributed by atoms with Gasteiger partial charge in [0.15, 0.2) is 5.78 Å². The zero-order valence-electron chi connectivity index (χ0n) is 50.9. The van der Waals surface area contributed by atoms with E-state index in [1.807, 2.05) is 84.5 Å². The van der Waals surface area contributed by atoms with Crippen molar-refractivity contribution < 1.29 is 57.7 Å². The molecule has 5 amide bonds. The Balaban J connectivity index is 2.33. The van der Waals surface area contributed by atoms with E-state index < -0.39 is 65.2 Å². The van der Waals surface area contributed by atoms with Crippen LogP contribution in [0.3, 0.4) is 0 Å². The van der Waals surface area contributed by atoms with Crippen molar-refractivity contribution in [2.24, 2.45) is 29.6 Å². The van der Waals surface area contributed by atoms with E-state index in [1.54, 1.807) is 39.3 Å². The molecule has 0 bridgehead atoms. The zero-order valence-corrected chi connectivity index (χ0v) is 51.7. The first-order valence-electron chi connectivity index (χ1n) is 28.9. The van der Waals surface area contributed by atoms with Gasteiger partial charge in [0, 0.05) is 87.5 Å². The molecule has 80 heavy (non-hydrogen) atoms. The Morgan fingerprint density at radius 2 is 1.56 bits per heavy atom. The van der Waals surface area contributed by atoms with Gasteiger partial charge < -0.3 is 45.5 Å². The van der Waals surface area contributed by atoms with Gasteiger partial charge in [-0.05, 0) is 109 Å². The number of carbonyl (C=O) groups is 8. The molecule has 0 spiro atoms. The lowest BCUT2D eigenvalue weighted by Crippen LogP contribution is -2.51. The topological polar surface area (TPSA) is 252 Å². The van der Waals surface area contributed by atoms with Gasteiger partial charge >= 0.3 is 5.97 Å². The van der Waals surface area contributed by atoms with Crippen LogP contribution >= 0.6 is 11.3 Å². The number of hydrogen-bond donors (Lipinski definition) is 5. The number of Topliss-reactive ketones (excluding diaryl/α,β-unsaturated/α-hetero) is 2. The third-order valence-electron chi connectivity index (χ3n) is 15.2. The first kappa shape index (κ1) is 71.0. The number of anilines is 1. The molecule has 2 rings (SSSR count). The summed E-state index contributed by atoms with van der Waals surface area (Å²) in [5.74, 6) is -4.83. The minimum absolute atomic E-state index is 0.0113. The SMILES string of the molecule is CCCO[C@H](C[C@H](C(C)C)N(CCC)C(=O)[C@@H](CC(=O)C(C)(C)N(C)C)C(C)CC)c1nc(C(=O)N[C@@H](Cc2ccc(C)c(NC(=O)C(C)NC(=O)C(CCCCNC(=O)COCCOC)CC(=O)CC)c2)CC(C)C(=O)O)cs1. The number of methoxy groups -OCH3 is 1. The van der Waals surface area contributed by atoms with Crippen LogP contribution in [0.1, 0.15) is 180 Å². The fourth-order valence-corrected chi connectivity index (χ4v) is 9.97. The molecule has 5 N–H and O–H groups in total. The lowest BCUT2D eigenvalue weighted by molar-refractivity contribution is -0.145. The average molecular weight is 1140 g/mol. The van der Waals surface area contributed by atoms with Crippen LogP contribution in [0.2, 0.25) is 0 Å². The van der Waals surface area contributed by atoms with Gasteiger partial charge in [-0.3, -0.25) is 43.3 Å². The standard InChI is InChI=1S/C60H99N7O12S/c1-16-26-67(58(74)47(39(7)18-3)34-52(69)60(11,12)66(13)14)50(38(5)6)35-51(79-27-17-2)57-65-49(37-80-57)56(73)63-45(30-41(9)59(75)76)31-43-24-23-40(8)48(32-43)64-54(71)42(10)62-55(72)44(33-46(68)19-4)22-20-21-25-61-53(70)36-78-29-28-77-15/h23-24,32,37-39,41-42,44-45,47,50-51H,16-22,25-31,33-36H2,1-15H3,(H,61,70)(H,62,72)(H,63,73)(H,64,71)(H,75,76)/t39?,41?,42?,44?,45-,47+,50-,51-/m1/s1. The number of aromatic nitrogens is 1. The van der Waals surface area contributed by atoms with E-state index in [0.29, 0.717) is 81.3 Å². The third-order valence-corrected chi connectivity index (χ3v) is 16.1. The normalized spacial score (nSPS) is 14.8. The number of nitrogens with one attached hydrogen (secondary N) is 4. The van der Waals surface area contributed by atoms with Crippen LogP contribution in [0.25, 0.3) is 0 Å². The molecule has 8 atom stereocenters. The number of hydrogen-bond acceptors (Lipinski definition) is 14. The maximum Gasteiger partial charge on any atom is 0.306 e. The van der Waals surface area contributed by atoms with Crippen LogP contribution < -0.4 is 21.3 Å². The number of nitrogens with zero attached hydrogens (tertiary/aromatic N) is 3. The molecule has 0 aliphatic heterocycles. The quantitative estimate of drug-likeness (QED) is 0.0393. The first-order chi connectivity index (χ1) is 37.8. The number of aliphatic carboxylic acids is 1. The molecule has 1 aromatic heterocycles. The number of carboxylic acids is 1. The summed E-state index contributed by atoms with van der Waals surface area (Å²) in [6.07, 6.45) is 4.27. The van der Waals surface area contributed by atoms with E-state index in [4.69, 9.17) is 19.2 Å². The number of rotatable bonds is 41. The van der Waals surface area contributed by atoms with E-state index in [1.165, 1.54) is 11.3 Å². The Kier molecular flexibility index (Phi) is 32.2. The van der Waals surface area contributed by atoms with Crippen molar-refractivity contribution in [2.45, 2.75) is 190 Å². The van der Waals surface area contributed by atoms with Crippen molar-refractivity contribution in [3.8, 4) is 0 Å². The molecule has 0 saturated carbocycles. The Hall–Kier alpha value is -5.15. The monoisotopic (exact) mass is 1140 g/mol. The van der Waals surface area contributed by atoms with E-state index in [0.717, 1.165) is 18.4 Å². The molecule has 4 unspecified atom stereocenters. The van der Waals surface area contributed by atoms with Crippen LogP contribution in [-0.2, 0) is 54.2 Å². The van der Waals surface area contributed by atoms with Crippen LogP contribution in [0.5, 0.6) is 0 Å². The summed E-state index contributed by atoms with van der Waals surface area (Å²) in [5, 5.41) is 23.7. The predicted molar refractivity (Wildman–Crippen MR) is 313 cm³/mol. The van der Waals surface area contributed by atoms with Crippen molar-refractivity contribution >= 4 is 64.1 Å². The van der Waals surface area contributed by atoms with Crippen molar-refractivity contribution in [3.63, 3.8) is 0 Å². The van der Waals surface area contributed by atoms with Crippen molar-refractivity contribution in [2.75, 3.05) is 66.0 Å². The third kappa shape index (κ3) is 23.7. The summed E-state index contributed by atoms with van der Waals surface area (Å²) in [5.41, 5.74) is 1.30. The highest BCUT2D eigenvalue weighted by molar-refractivity contribution is 7.09. The number of ether oxygens (including phenoxy) is 3. The summed E-state index contributed by atoms with van der Waals surface area (Å²) in [6, 6.07) is 3.52. The maximum atomic E-state index is 14.8. The lowest BCUT2D eigenvalue weighted by Gasteiger charge is -2.40. The molecule has 20 heteroatoms. The van der Waals surface area contributed by atoms with Gasteiger partial charge in [0.1, 0.15) is 35.2 Å². The molecule has 0 fully saturated rings. The second kappa shape index (κ2) is 36.3. The molecular formula is C60H99N7O12S. The zero-order chi connectivity index (χ0) is 60.3. The molecule has 19 nitrogen and oxygen atoms in total. The number of aryl methyl sites for hydroxylation is 1. The molecule has 2 aromatic rings. The largest absolute Gasteiger partial charge is 0.481 e. The van der Waals surface area contributed by atoms with Crippen LogP contribution in [0.15, 0.2) is 23.6 Å². The molecule has 0 aliphatic carbocycles. The minimum atomic E-state index is -1.02. The van der Waals surface area contributed by atoms with Crippen molar-refractivity contribution in [1.82, 2.24) is 30.7 Å². The van der Waals surface area contributed by atoms with Crippen molar-refractivity contribution in [3.05, 3.63) is 45.4 Å². The molecule has 0 aliphatic rings. The molecule has 452 valence electrons. The molecule has 1 heterocycles. The summed E-state index contributed by atoms with van der Waals surface area (Å²) < 4.78 is 16.6. The molecule has 0 saturated heterocycles. The van der Waals surface area contributed by atoms with Crippen LogP contribution in [-0.4, -0.2) is 151 Å². The Morgan fingerprint density at radius 3 is 2.16 bits per heavy atom. The fraction of sp³-hybridized carbons (Fsp3) is 0.717. The number of ketones is 2. The minimum Gasteiger partial charge on any atom is -0.481 e. The number of benzene rings is 1. The first-order valence-corrected chi connectivity index (χ1v) is 29.8. The lowest BCUT2D eigenvalue weighted by atomic mass is 9.81. The van der Waals surface area contributed by atoms with Gasteiger partial charge in [-0.25, -0.2) is 4.98 Å². The average Bonchev–Trinajstić information content (AvgIpc) is 3.91. The maximum absolute atomic E-state index is 14.8. The number of carbonyl (C=O) groups excluding carboxylic acids is 7. The summed E-state index contributed by atoms with van der Waals surface area (Å²) >= 11 is 1.29. The van der Waals surface area contributed by atoms with E-state index in [9.17, 15) is 43.5 Å². The van der Waals surface area contributed by atoms with Gasteiger partial charge in [0.2, 0.25) is 23.6 Å². The number of amides is 5. The number of carboxylic acid groups (broad SMARTS) is 1. The molecule has 1 aromatic carbocycles. The second-order valence-corrected chi connectivity index (χ2v) is 23.4. The number of unbranched alkanes of at least 4 members (excludes halogenated alkanes) is 1. The van der Waals surface area contributed by atoms with Crippen LogP contribution in [0, 0.1) is 36.5 Å². The van der Waals surface area contributed by atoms with E-state index in [-0.39, 0.29) is 85.7 Å². The Labute approximate surface area is 481 Å². The van der Waals surface area contributed by atoms with Crippen molar-refractivity contribution in [1.29, 1.82) is 0 Å². The van der Waals surface area contributed by atoms with E-state index >= 15 is 0 Å². The van der Waals surface area contributed by atoms with Gasteiger partial charge in [0.25, 0.3) is 5.91 Å². The van der Waals surface area contributed by atoms with Crippen LogP contribution in [0.4, 0.5) is 5.69 Å². The summed E-state index contributed by atoms with van der Waals surface area (Å²) in [6.45, 7) is 24.6. The van der Waals surface area contributed by atoms with Gasteiger partial charge in [-0.15, -0.1) is 11.3 Å². The summed E-state index contributed by atoms with van der Waals surface area (Å²) in [4.78, 5) is 115. The summed E-state index contributed by atoms with van der Waals surface area (Å²) in [7, 11) is 5.29. The van der Waals surface area contributed by atoms with Gasteiger partial charge in [-0.2, -0.15) is 0 Å². The second-order valence-electron chi connectivity index (χ2n) is 22.5. The van der Waals surface area contributed by atoms with Gasteiger partial charge in [0.05, 0.1) is 24.7 Å². The Bertz CT molecular complexity index is 2290. The fourth-order valence-electron chi connectivity index (χ4n) is 9.11. The number of likely N-dealkylation sites (N-methyl/N-ethyl adjacent to an activating group) is 1. The predicted octanol–water partition coefficient (Wildman–Crippen LogP) is 8.36. The highest BCUT2D eigenvalue weighted by Gasteiger charge is 2.40.